The highest BCUT2D eigenvalue weighted by atomic mass is 32.2. The lowest BCUT2D eigenvalue weighted by atomic mass is 10.2. The number of rotatable bonds is 8. The molecular formula is C21H24N4O5S. The molecule has 0 unspecified atom stereocenters. The van der Waals surface area contributed by atoms with Gasteiger partial charge in [-0.05, 0) is 36.8 Å². The topological polar surface area (TPSA) is 107 Å². The molecule has 1 aliphatic heterocycles. The van der Waals surface area contributed by atoms with Gasteiger partial charge in [0.05, 0.1) is 10.6 Å². The van der Waals surface area contributed by atoms with E-state index in [1.54, 1.807) is 49.5 Å². The minimum absolute atomic E-state index is 0.0454. The summed E-state index contributed by atoms with van der Waals surface area (Å²) in [5, 5.41) is 2.67. The van der Waals surface area contributed by atoms with E-state index in [1.807, 2.05) is 0 Å². The van der Waals surface area contributed by atoms with Crippen molar-refractivity contribution in [1.29, 1.82) is 0 Å². The number of hydrogen-bond acceptors (Lipinski definition) is 5. The van der Waals surface area contributed by atoms with Crippen LogP contribution in [-0.2, 0) is 19.6 Å². The Morgan fingerprint density at radius 3 is 2.45 bits per heavy atom. The number of para-hydroxylation sites is 1. The van der Waals surface area contributed by atoms with E-state index in [1.165, 1.54) is 28.4 Å². The lowest BCUT2D eigenvalue weighted by molar-refractivity contribution is -0.125. The van der Waals surface area contributed by atoms with Gasteiger partial charge in [0.2, 0.25) is 11.8 Å². The van der Waals surface area contributed by atoms with Crippen molar-refractivity contribution in [3.8, 4) is 0 Å². The minimum atomic E-state index is -3.80. The largest absolute Gasteiger partial charge is 0.326 e. The summed E-state index contributed by atoms with van der Waals surface area (Å²) in [6.45, 7) is 0.204. The maximum absolute atomic E-state index is 12.9. The molecule has 0 atom stereocenters. The average molecular weight is 445 g/mol. The maximum atomic E-state index is 12.9. The van der Waals surface area contributed by atoms with E-state index in [0.717, 1.165) is 4.90 Å². The van der Waals surface area contributed by atoms with Crippen LogP contribution in [0.1, 0.15) is 12.8 Å². The van der Waals surface area contributed by atoms with Gasteiger partial charge >= 0.3 is 6.03 Å². The lowest BCUT2D eigenvalue weighted by Gasteiger charge is -2.20. The number of urea groups is 1. The summed E-state index contributed by atoms with van der Waals surface area (Å²) < 4.78 is 27.0. The molecule has 2 aromatic carbocycles. The van der Waals surface area contributed by atoms with E-state index in [-0.39, 0.29) is 42.3 Å². The summed E-state index contributed by atoms with van der Waals surface area (Å²) in [5.41, 5.74) is 0.870. The molecule has 3 rings (SSSR count). The normalized spacial score (nSPS) is 14.1. The van der Waals surface area contributed by atoms with Crippen molar-refractivity contribution in [2.24, 2.45) is 0 Å². The molecular weight excluding hydrogens is 420 g/mol. The molecule has 0 aromatic heterocycles. The number of likely N-dealkylation sites (N-methyl/N-ethyl adjacent to an activating group) is 1. The zero-order chi connectivity index (χ0) is 22.6. The van der Waals surface area contributed by atoms with Crippen LogP contribution < -0.4 is 9.62 Å². The molecule has 31 heavy (non-hydrogen) atoms. The predicted molar refractivity (Wildman–Crippen MR) is 116 cm³/mol. The first-order valence-electron chi connectivity index (χ1n) is 9.69. The fraction of sp³-hybridized carbons (Fsp3) is 0.286. The number of hydrogen-bond donors (Lipinski definition) is 1. The molecule has 1 N–H and O–H groups in total. The van der Waals surface area contributed by atoms with Crippen molar-refractivity contribution >= 4 is 39.2 Å². The molecule has 0 aliphatic carbocycles. The molecule has 1 heterocycles. The molecule has 10 heteroatoms. The Morgan fingerprint density at radius 1 is 1.10 bits per heavy atom. The summed E-state index contributed by atoms with van der Waals surface area (Å²) >= 11 is 0. The third kappa shape index (κ3) is 5.02. The number of nitrogens with one attached hydrogen (secondary N) is 1. The predicted octanol–water partition coefficient (Wildman–Crippen LogP) is 2.12. The van der Waals surface area contributed by atoms with E-state index in [2.05, 4.69) is 5.32 Å². The molecule has 1 saturated heterocycles. The fourth-order valence-corrected chi connectivity index (χ4v) is 4.42. The van der Waals surface area contributed by atoms with Gasteiger partial charge in [-0.15, -0.1) is 0 Å². The van der Waals surface area contributed by atoms with Gasteiger partial charge < -0.3 is 10.2 Å². The van der Waals surface area contributed by atoms with Gasteiger partial charge in [0, 0.05) is 32.7 Å². The molecule has 1 aliphatic rings. The Bertz CT molecular complexity index is 1090. The van der Waals surface area contributed by atoms with Gasteiger partial charge in [0.15, 0.2) is 0 Å². The van der Waals surface area contributed by atoms with Crippen LogP contribution in [0.2, 0.25) is 0 Å². The van der Waals surface area contributed by atoms with Gasteiger partial charge in [-0.1, -0.05) is 24.3 Å². The maximum Gasteiger partial charge on any atom is 0.326 e. The van der Waals surface area contributed by atoms with E-state index in [0.29, 0.717) is 17.8 Å². The third-order valence-corrected chi connectivity index (χ3v) is 6.69. The van der Waals surface area contributed by atoms with Crippen LogP contribution in [-0.4, -0.2) is 63.2 Å². The number of nitrogens with zero attached hydrogens (tertiary/aromatic N) is 3. The molecule has 0 radical (unpaired) electrons. The fourth-order valence-electron chi connectivity index (χ4n) is 3.18. The van der Waals surface area contributed by atoms with Crippen LogP contribution in [0.25, 0.3) is 0 Å². The van der Waals surface area contributed by atoms with Crippen molar-refractivity contribution < 1.29 is 22.8 Å². The Kier molecular flexibility index (Phi) is 6.59. The highest BCUT2D eigenvalue weighted by Crippen LogP contribution is 2.23. The van der Waals surface area contributed by atoms with Crippen LogP contribution in [0.4, 0.5) is 16.2 Å². The smallest absolute Gasteiger partial charge is 0.326 e. The third-order valence-electron chi connectivity index (χ3n) is 4.91. The van der Waals surface area contributed by atoms with Crippen molar-refractivity contribution in [3.05, 3.63) is 54.6 Å². The first-order chi connectivity index (χ1) is 14.7. The van der Waals surface area contributed by atoms with Gasteiger partial charge in [-0.25, -0.2) is 13.2 Å². The van der Waals surface area contributed by atoms with Crippen molar-refractivity contribution in [2.45, 2.75) is 17.7 Å². The summed E-state index contributed by atoms with van der Waals surface area (Å²) in [6.07, 6.45) is 0.396. The van der Waals surface area contributed by atoms with Crippen LogP contribution in [0.5, 0.6) is 0 Å². The van der Waals surface area contributed by atoms with Crippen molar-refractivity contribution in [1.82, 2.24) is 9.80 Å². The number of anilines is 2. The zero-order valence-corrected chi connectivity index (χ0v) is 18.1. The second-order valence-corrected chi connectivity index (χ2v) is 9.14. The van der Waals surface area contributed by atoms with Crippen LogP contribution in [0.3, 0.4) is 0 Å². The van der Waals surface area contributed by atoms with E-state index in [4.69, 9.17) is 0 Å². The SMILES string of the molecule is CN1CC(=O)N(CCCC(=O)Nc2cccc(S(=O)(=O)N(C)c3ccccc3)c2)C1=O. The number of carbonyl (C=O) groups excluding carboxylic acids is 3. The number of carbonyl (C=O) groups is 3. The summed E-state index contributed by atoms with van der Waals surface area (Å²) in [4.78, 5) is 38.3. The molecule has 0 bridgehead atoms. The first-order valence-corrected chi connectivity index (χ1v) is 11.1. The van der Waals surface area contributed by atoms with Gasteiger partial charge in [-0.3, -0.25) is 18.8 Å². The number of amides is 4. The lowest BCUT2D eigenvalue weighted by Crippen LogP contribution is -2.32. The second-order valence-electron chi connectivity index (χ2n) is 7.17. The van der Waals surface area contributed by atoms with Crippen LogP contribution in [0.15, 0.2) is 59.5 Å². The highest BCUT2D eigenvalue weighted by molar-refractivity contribution is 7.92. The Hall–Kier alpha value is -3.40. The van der Waals surface area contributed by atoms with E-state index >= 15 is 0 Å². The van der Waals surface area contributed by atoms with E-state index < -0.39 is 10.0 Å². The molecule has 4 amide bonds. The molecule has 9 nitrogen and oxygen atoms in total. The second kappa shape index (κ2) is 9.17. The Balaban J connectivity index is 1.60. The standard InChI is InChI=1S/C21H24N4O5S/c1-23-15-20(27)25(21(23)28)13-7-12-19(26)22-16-8-6-11-18(14-16)31(29,30)24(2)17-9-4-3-5-10-17/h3-6,8-11,14H,7,12-13,15H2,1-2H3,(H,22,26). The van der Waals surface area contributed by atoms with Gasteiger partial charge in [-0.2, -0.15) is 0 Å². The summed E-state index contributed by atoms with van der Waals surface area (Å²) in [6, 6.07) is 14.3. The number of benzene rings is 2. The summed E-state index contributed by atoms with van der Waals surface area (Å²) in [7, 11) is -0.789. The zero-order valence-electron chi connectivity index (χ0n) is 17.3. The van der Waals surface area contributed by atoms with Gasteiger partial charge in [0.1, 0.15) is 6.54 Å². The minimum Gasteiger partial charge on any atom is -0.326 e. The quantitative estimate of drug-likeness (QED) is 0.628. The first kappa shape index (κ1) is 22.3. The number of imide groups is 1. The Labute approximate surface area is 181 Å². The molecule has 164 valence electrons. The van der Waals surface area contributed by atoms with Crippen LogP contribution in [0, 0.1) is 0 Å². The molecule has 0 spiro atoms. The number of sulfonamides is 1. The van der Waals surface area contributed by atoms with Crippen molar-refractivity contribution in [3.63, 3.8) is 0 Å². The van der Waals surface area contributed by atoms with Crippen molar-refractivity contribution in [2.75, 3.05) is 36.8 Å². The average Bonchev–Trinajstić information content (AvgIpc) is 3.00. The molecule has 0 saturated carbocycles. The van der Waals surface area contributed by atoms with E-state index in [9.17, 15) is 22.8 Å². The highest BCUT2D eigenvalue weighted by Gasteiger charge is 2.32. The van der Waals surface area contributed by atoms with Gasteiger partial charge in [0.25, 0.3) is 10.0 Å². The molecule has 1 fully saturated rings. The Morgan fingerprint density at radius 2 is 1.81 bits per heavy atom. The monoisotopic (exact) mass is 444 g/mol. The molecule has 2 aromatic rings. The summed E-state index contributed by atoms with van der Waals surface area (Å²) in [5.74, 6) is -0.619. The van der Waals surface area contributed by atoms with Crippen LogP contribution >= 0.6 is 0 Å².